The van der Waals surface area contributed by atoms with Gasteiger partial charge in [0.2, 0.25) is 0 Å². The van der Waals surface area contributed by atoms with Gasteiger partial charge in [-0.15, -0.1) is 0 Å². The Kier molecular flexibility index (Phi) is 7.12. The van der Waals surface area contributed by atoms with Crippen LogP contribution in [0.5, 0.6) is 5.75 Å². The van der Waals surface area contributed by atoms with Crippen LogP contribution in [0.3, 0.4) is 0 Å². The van der Waals surface area contributed by atoms with Gasteiger partial charge in [-0.05, 0) is 56.9 Å². The predicted molar refractivity (Wildman–Crippen MR) is 139 cm³/mol. The SMILES string of the molecule is CN/C1=C(\C(=N)Cl)C/C(C(C)=N)=C(/NCC2CC2)c2cnc(N)c(c2)OC(C)c2cc(F)ccc21. The number of ether oxygens (including phenoxy) is 1. The van der Waals surface area contributed by atoms with E-state index in [0.29, 0.717) is 45.3 Å². The molecule has 2 bridgehead atoms. The number of rotatable bonds is 6. The maximum Gasteiger partial charge on any atom is 0.166 e. The Labute approximate surface area is 209 Å². The lowest BCUT2D eigenvalue weighted by atomic mass is 9.91. The number of benzene rings is 1. The molecule has 0 radical (unpaired) electrons. The molecule has 7 nitrogen and oxygen atoms in total. The Hall–Kier alpha value is -3.39. The molecular formula is C26H30ClFN6O. The van der Waals surface area contributed by atoms with Gasteiger partial charge in [0, 0.05) is 71.2 Å². The second kappa shape index (κ2) is 10.1. The van der Waals surface area contributed by atoms with Gasteiger partial charge in [-0.1, -0.05) is 11.6 Å². The highest BCUT2D eigenvalue weighted by Crippen LogP contribution is 2.37. The molecule has 0 amide bonds. The van der Waals surface area contributed by atoms with Crippen molar-refractivity contribution in [2.24, 2.45) is 5.92 Å². The van der Waals surface area contributed by atoms with Crippen molar-refractivity contribution in [3.05, 3.63) is 64.1 Å². The van der Waals surface area contributed by atoms with Crippen molar-refractivity contribution >= 4 is 39.7 Å². The molecule has 2 aliphatic rings. The molecule has 1 unspecified atom stereocenters. The van der Waals surface area contributed by atoms with Gasteiger partial charge >= 0.3 is 0 Å². The van der Waals surface area contributed by atoms with Crippen molar-refractivity contribution in [2.45, 2.75) is 39.2 Å². The third kappa shape index (κ3) is 5.32. The molecule has 1 fully saturated rings. The molecule has 6 N–H and O–H groups in total. The number of aromatic nitrogens is 1. The Bertz CT molecular complexity index is 1250. The van der Waals surface area contributed by atoms with Crippen molar-refractivity contribution in [2.75, 3.05) is 19.3 Å². The van der Waals surface area contributed by atoms with Crippen molar-refractivity contribution in [3.8, 4) is 5.75 Å². The smallest absolute Gasteiger partial charge is 0.166 e. The first-order valence-corrected chi connectivity index (χ1v) is 12.0. The number of nitrogens with zero attached hydrogens (tertiary/aromatic N) is 1. The zero-order valence-corrected chi connectivity index (χ0v) is 20.8. The number of anilines is 1. The molecule has 1 aliphatic carbocycles. The van der Waals surface area contributed by atoms with Crippen LogP contribution >= 0.6 is 11.6 Å². The molecule has 2 heterocycles. The second-order valence-corrected chi connectivity index (χ2v) is 9.37. The minimum atomic E-state index is -0.579. The number of pyridine rings is 1. The Morgan fingerprint density at radius 2 is 1.97 bits per heavy atom. The van der Waals surface area contributed by atoms with Gasteiger partial charge in [-0.3, -0.25) is 5.41 Å². The van der Waals surface area contributed by atoms with Crippen LogP contribution in [0.2, 0.25) is 0 Å². The topological polar surface area (TPSA) is 120 Å². The summed E-state index contributed by atoms with van der Waals surface area (Å²) < 4.78 is 20.6. The van der Waals surface area contributed by atoms with E-state index in [4.69, 9.17) is 32.9 Å². The number of hydrogen-bond acceptors (Lipinski definition) is 7. The summed E-state index contributed by atoms with van der Waals surface area (Å²) in [6.45, 7) is 4.29. The zero-order valence-electron chi connectivity index (χ0n) is 20.1. The number of hydrogen-bond donors (Lipinski definition) is 5. The summed E-state index contributed by atoms with van der Waals surface area (Å²) in [6.07, 6.45) is 3.62. The van der Waals surface area contributed by atoms with Crippen LogP contribution < -0.4 is 21.1 Å². The van der Waals surface area contributed by atoms with Gasteiger partial charge in [-0.2, -0.15) is 0 Å². The third-order valence-corrected chi connectivity index (χ3v) is 6.61. The lowest BCUT2D eigenvalue weighted by Crippen LogP contribution is -2.22. The summed E-state index contributed by atoms with van der Waals surface area (Å²) in [5.41, 5.74) is 10.9. The van der Waals surface area contributed by atoms with Gasteiger partial charge in [0.25, 0.3) is 0 Å². The fourth-order valence-electron chi connectivity index (χ4n) is 4.30. The summed E-state index contributed by atoms with van der Waals surface area (Å²) in [7, 11) is 1.73. The number of nitrogens with two attached hydrogens (primary N) is 1. The fourth-order valence-corrected chi connectivity index (χ4v) is 4.46. The minimum absolute atomic E-state index is 0.160. The lowest BCUT2D eigenvalue weighted by molar-refractivity contribution is 0.226. The molecule has 0 saturated heterocycles. The van der Waals surface area contributed by atoms with E-state index in [1.165, 1.54) is 25.0 Å². The average molecular weight is 497 g/mol. The van der Waals surface area contributed by atoms with Gasteiger partial charge in [0.05, 0.1) is 0 Å². The summed E-state index contributed by atoms with van der Waals surface area (Å²) in [5, 5.41) is 23.5. The normalized spacial score (nSPS) is 22.3. The maximum atomic E-state index is 14.3. The highest BCUT2D eigenvalue weighted by Gasteiger charge is 2.26. The highest BCUT2D eigenvalue weighted by atomic mass is 35.5. The number of fused-ring (bicyclic) bond motifs is 3. The van der Waals surface area contributed by atoms with Crippen LogP contribution in [0, 0.1) is 22.6 Å². The number of nitrogen functional groups attached to an aromatic ring is 1. The lowest BCUT2D eigenvalue weighted by Gasteiger charge is -2.25. The van der Waals surface area contributed by atoms with Crippen molar-refractivity contribution in [3.63, 3.8) is 0 Å². The summed E-state index contributed by atoms with van der Waals surface area (Å²) in [4.78, 5) is 4.35. The van der Waals surface area contributed by atoms with Crippen LogP contribution in [-0.4, -0.2) is 29.5 Å². The zero-order chi connectivity index (χ0) is 25.3. The van der Waals surface area contributed by atoms with Crippen molar-refractivity contribution < 1.29 is 9.13 Å². The maximum absolute atomic E-state index is 14.3. The monoisotopic (exact) mass is 496 g/mol. The summed E-state index contributed by atoms with van der Waals surface area (Å²) in [5.74, 6) is 0.771. The third-order valence-electron chi connectivity index (χ3n) is 6.38. The Balaban J connectivity index is 2.03. The minimum Gasteiger partial charge on any atom is -0.482 e. The van der Waals surface area contributed by atoms with Crippen LogP contribution in [0.1, 0.15) is 55.9 Å². The molecule has 2 aromatic rings. The van der Waals surface area contributed by atoms with Crippen molar-refractivity contribution in [1.82, 2.24) is 15.6 Å². The molecule has 9 heteroatoms. The molecule has 1 aromatic heterocycles. The number of nitrogens with one attached hydrogen (secondary N) is 4. The van der Waals surface area contributed by atoms with Crippen LogP contribution in [0.25, 0.3) is 11.4 Å². The Morgan fingerprint density at radius 1 is 1.23 bits per heavy atom. The molecule has 1 saturated carbocycles. The summed E-state index contributed by atoms with van der Waals surface area (Å²) >= 11 is 6.34. The fraction of sp³-hybridized carbons (Fsp3) is 0.346. The molecular weight excluding hydrogens is 467 g/mol. The van der Waals surface area contributed by atoms with Gasteiger partial charge < -0.3 is 26.5 Å². The van der Waals surface area contributed by atoms with Gasteiger partial charge in [-0.25, -0.2) is 9.37 Å². The molecule has 1 aromatic carbocycles. The largest absolute Gasteiger partial charge is 0.482 e. The van der Waals surface area contributed by atoms with Crippen LogP contribution in [0.4, 0.5) is 10.2 Å². The van der Waals surface area contributed by atoms with Crippen LogP contribution in [-0.2, 0) is 0 Å². The second-order valence-electron chi connectivity index (χ2n) is 9.00. The summed E-state index contributed by atoms with van der Waals surface area (Å²) in [6, 6.07) is 6.22. The van der Waals surface area contributed by atoms with E-state index in [2.05, 4.69) is 15.6 Å². The van der Waals surface area contributed by atoms with E-state index in [1.807, 2.05) is 6.92 Å². The molecule has 184 valence electrons. The molecule has 35 heavy (non-hydrogen) atoms. The Morgan fingerprint density at radius 3 is 2.60 bits per heavy atom. The van der Waals surface area contributed by atoms with Crippen LogP contribution in [0.15, 0.2) is 41.6 Å². The van der Waals surface area contributed by atoms with E-state index in [0.717, 1.165) is 17.8 Å². The van der Waals surface area contributed by atoms with Gasteiger partial charge in [0.15, 0.2) is 11.6 Å². The first kappa shape index (κ1) is 24.7. The average Bonchev–Trinajstić information content (AvgIpc) is 3.63. The first-order valence-electron chi connectivity index (χ1n) is 11.6. The van der Waals surface area contributed by atoms with E-state index in [1.54, 1.807) is 32.3 Å². The van der Waals surface area contributed by atoms with E-state index >= 15 is 0 Å². The number of halogens is 2. The first-order chi connectivity index (χ1) is 16.7. The molecule has 1 aliphatic heterocycles. The van der Waals surface area contributed by atoms with Crippen molar-refractivity contribution in [1.29, 1.82) is 10.8 Å². The van der Waals surface area contributed by atoms with E-state index < -0.39 is 11.9 Å². The quantitative estimate of drug-likeness (QED) is 0.350. The van der Waals surface area contributed by atoms with Gasteiger partial charge in [0.1, 0.15) is 17.1 Å². The number of allylic oxidation sites excluding steroid dienone is 2. The molecule has 1 atom stereocenters. The standard InChI is InChI=1S/C26H30ClFN6O/c1-13(29)19-10-21(25(27)30)24(32-3)18-7-6-17(28)9-20(18)14(2)35-22-8-16(12-34-26(22)31)23(19)33-11-15-4-5-15/h6-9,12,14-15,29-30,32-33H,4-5,10-11H2,1-3H3,(H2,31,34)/b23-19-,24-21-,29-13?,30-25?. The van der Waals surface area contributed by atoms with E-state index in [9.17, 15) is 4.39 Å². The predicted octanol–water partition coefficient (Wildman–Crippen LogP) is 5.24. The molecule has 0 spiro atoms. The molecule has 4 rings (SSSR count). The highest BCUT2D eigenvalue weighted by molar-refractivity contribution is 6.69. The van der Waals surface area contributed by atoms with E-state index in [-0.39, 0.29) is 17.4 Å².